The highest BCUT2D eigenvalue weighted by Crippen LogP contribution is 2.20. The molecule has 2 aromatic rings. The molecule has 7 nitrogen and oxygen atoms in total. The van der Waals surface area contributed by atoms with E-state index < -0.39 is 0 Å². The maximum atomic E-state index is 11.7. The molecule has 0 spiro atoms. The second-order valence-electron chi connectivity index (χ2n) is 5.36. The molecule has 0 bridgehead atoms. The highest BCUT2D eigenvalue weighted by Gasteiger charge is 2.19. The van der Waals surface area contributed by atoms with Crippen molar-refractivity contribution < 1.29 is 4.79 Å². The zero-order chi connectivity index (χ0) is 15.7. The maximum Gasteiger partial charge on any atom is 0.266 e. The van der Waals surface area contributed by atoms with Gasteiger partial charge in [0.2, 0.25) is 5.91 Å². The summed E-state index contributed by atoms with van der Waals surface area (Å²) in [7, 11) is 1.67. The smallest absolute Gasteiger partial charge is 0.266 e. The molecule has 1 amide bonds. The third-order valence-electron chi connectivity index (χ3n) is 3.54. The van der Waals surface area contributed by atoms with Crippen LogP contribution in [0.25, 0.3) is 0 Å². The van der Waals surface area contributed by atoms with Crippen molar-refractivity contribution in [2.75, 3.05) is 11.9 Å². The van der Waals surface area contributed by atoms with Gasteiger partial charge in [0.15, 0.2) is 5.13 Å². The van der Waals surface area contributed by atoms with Crippen LogP contribution in [0.4, 0.5) is 5.13 Å². The molecule has 1 aliphatic rings. The Kier molecular flexibility index (Phi) is 4.04. The molecule has 2 aromatic heterocycles. The van der Waals surface area contributed by atoms with Gasteiger partial charge in [-0.3, -0.25) is 14.5 Å². The highest BCUT2D eigenvalue weighted by atomic mass is 32.1. The van der Waals surface area contributed by atoms with Crippen LogP contribution in [0.5, 0.6) is 0 Å². The van der Waals surface area contributed by atoms with Crippen LogP contribution in [0.1, 0.15) is 23.9 Å². The number of rotatable bonds is 3. The summed E-state index contributed by atoms with van der Waals surface area (Å²) in [5.74, 6) is -0.116. The number of aromatic nitrogens is 3. The summed E-state index contributed by atoms with van der Waals surface area (Å²) in [4.78, 5) is 29.3. The van der Waals surface area contributed by atoms with Crippen molar-refractivity contribution in [1.29, 1.82) is 0 Å². The molecule has 1 aliphatic heterocycles. The average molecular weight is 319 g/mol. The van der Waals surface area contributed by atoms with Gasteiger partial charge in [0.25, 0.3) is 5.56 Å². The van der Waals surface area contributed by atoms with E-state index in [1.54, 1.807) is 13.1 Å². The monoisotopic (exact) mass is 319 g/mol. The summed E-state index contributed by atoms with van der Waals surface area (Å²) >= 11 is 1.42. The first-order chi connectivity index (χ1) is 10.5. The van der Waals surface area contributed by atoms with E-state index in [9.17, 15) is 9.59 Å². The van der Waals surface area contributed by atoms with Crippen LogP contribution in [0.2, 0.25) is 0 Å². The van der Waals surface area contributed by atoms with Crippen molar-refractivity contribution in [3.63, 3.8) is 0 Å². The number of fused-ring (bicyclic) bond motifs is 1. The topological polar surface area (TPSA) is 80.1 Å². The number of carbonyl (C=O) groups excluding carboxylic acids is 1. The van der Waals surface area contributed by atoms with Crippen molar-refractivity contribution in [2.45, 2.75) is 26.4 Å². The van der Waals surface area contributed by atoms with E-state index in [-0.39, 0.29) is 11.5 Å². The second kappa shape index (κ2) is 5.98. The number of amides is 1. The van der Waals surface area contributed by atoms with Gasteiger partial charge in [0.1, 0.15) is 0 Å². The minimum Gasteiger partial charge on any atom is -0.302 e. The Morgan fingerprint density at radius 2 is 2.32 bits per heavy atom. The van der Waals surface area contributed by atoms with E-state index in [4.69, 9.17) is 0 Å². The van der Waals surface area contributed by atoms with Gasteiger partial charge in [-0.1, -0.05) is 0 Å². The van der Waals surface area contributed by atoms with E-state index in [1.807, 2.05) is 5.38 Å². The number of carbonyl (C=O) groups is 1. The van der Waals surface area contributed by atoms with Gasteiger partial charge in [-0.2, -0.15) is 5.10 Å². The number of hydrogen-bond donors (Lipinski definition) is 1. The second-order valence-corrected chi connectivity index (χ2v) is 6.22. The van der Waals surface area contributed by atoms with Crippen LogP contribution in [-0.4, -0.2) is 32.1 Å². The molecule has 0 saturated carbocycles. The van der Waals surface area contributed by atoms with Crippen LogP contribution in [0.15, 0.2) is 16.2 Å². The number of hydrogen-bond acceptors (Lipinski definition) is 6. The van der Waals surface area contributed by atoms with Crippen molar-refractivity contribution in [2.24, 2.45) is 7.05 Å². The Bertz CT molecular complexity index is 767. The van der Waals surface area contributed by atoms with Crippen molar-refractivity contribution in [3.05, 3.63) is 38.8 Å². The number of anilines is 1. The van der Waals surface area contributed by atoms with Gasteiger partial charge in [-0.05, 0) is 5.56 Å². The van der Waals surface area contributed by atoms with Gasteiger partial charge in [0, 0.05) is 51.5 Å². The zero-order valence-corrected chi connectivity index (χ0v) is 13.3. The Morgan fingerprint density at radius 1 is 1.50 bits per heavy atom. The van der Waals surface area contributed by atoms with E-state index >= 15 is 0 Å². The largest absolute Gasteiger partial charge is 0.302 e. The summed E-state index contributed by atoms with van der Waals surface area (Å²) < 4.78 is 1.38. The van der Waals surface area contributed by atoms with Crippen LogP contribution in [0.3, 0.4) is 0 Å². The van der Waals surface area contributed by atoms with Gasteiger partial charge < -0.3 is 5.32 Å². The molecule has 0 aliphatic carbocycles. The zero-order valence-electron chi connectivity index (χ0n) is 12.5. The molecule has 0 radical (unpaired) electrons. The molecule has 0 atom stereocenters. The first-order valence-electron chi connectivity index (χ1n) is 7.02. The van der Waals surface area contributed by atoms with Gasteiger partial charge in [-0.25, -0.2) is 9.67 Å². The summed E-state index contributed by atoms with van der Waals surface area (Å²) in [6.07, 6.45) is 0.826. The molecule has 116 valence electrons. The average Bonchev–Trinajstić information content (AvgIpc) is 2.87. The lowest BCUT2D eigenvalue weighted by atomic mass is 10.1. The van der Waals surface area contributed by atoms with Crippen LogP contribution >= 0.6 is 11.3 Å². The number of thiazole rings is 1. The van der Waals surface area contributed by atoms with E-state index in [0.29, 0.717) is 18.2 Å². The Morgan fingerprint density at radius 3 is 3.09 bits per heavy atom. The normalized spacial score (nSPS) is 14.6. The molecule has 0 saturated heterocycles. The molecule has 0 aromatic carbocycles. The first-order valence-corrected chi connectivity index (χ1v) is 7.89. The van der Waals surface area contributed by atoms with Crippen molar-refractivity contribution >= 4 is 22.4 Å². The molecular weight excluding hydrogens is 302 g/mol. The van der Waals surface area contributed by atoms with Crippen molar-refractivity contribution in [3.8, 4) is 0 Å². The van der Waals surface area contributed by atoms with E-state index in [0.717, 1.165) is 29.9 Å². The lowest BCUT2D eigenvalue weighted by Gasteiger charge is -2.27. The quantitative estimate of drug-likeness (QED) is 0.903. The van der Waals surface area contributed by atoms with Gasteiger partial charge in [-0.15, -0.1) is 11.3 Å². The molecule has 22 heavy (non-hydrogen) atoms. The molecule has 0 fully saturated rings. The molecule has 0 unspecified atom stereocenters. The summed E-state index contributed by atoms with van der Waals surface area (Å²) in [5.41, 5.74) is 2.83. The van der Waals surface area contributed by atoms with E-state index in [2.05, 4.69) is 20.3 Å². The van der Waals surface area contributed by atoms with Crippen LogP contribution in [-0.2, 0) is 31.4 Å². The Balaban J connectivity index is 1.70. The minimum atomic E-state index is -0.116. The number of aryl methyl sites for hydroxylation is 1. The predicted octanol–water partition coefficient (Wildman–Crippen LogP) is 0.753. The lowest BCUT2D eigenvalue weighted by molar-refractivity contribution is -0.114. The third kappa shape index (κ3) is 3.23. The van der Waals surface area contributed by atoms with Crippen LogP contribution < -0.4 is 10.9 Å². The fourth-order valence-corrected chi connectivity index (χ4v) is 3.25. The Labute approximate surface area is 131 Å². The summed E-state index contributed by atoms with van der Waals surface area (Å²) in [6, 6.07) is 1.66. The molecule has 3 rings (SSSR count). The maximum absolute atomic E-state index is 11.7. The van der Waals surface area contributed by atoms with Gasteiger partial charge >= 0.3 is 0 Å². The van der Waals surface area contributed by atoms with Crippen LogP contribution in [0, 0.1) is 0 Å². The van der Waals surface area contributed by atoms with Crippen molar-refractivity contribution in [1.82, 2.24) is 19.7 Å². The number of nitrogens with zero attached hydrogens (tertiary/aromatic N) is 4. The molecule has 8 heteroatoms. The summed E-state index contributed by atoms with van der Waals surface area (Å²) in [6.45, 7) is 3.75. The summed E-state index contributed by atoms with van der Waals surface area (Å²) in [5, 5.41) is 9.56. The fourth-order valence-electron chi connectivity index (χ4n) is 2.50. The first kappa shape index (κ1) is 14.9. The number of nitrogens with one attached hydrogen (secondary N) is 1. The molecular formula is C14H17N5O2S. The predicted molar refractivity (Wildman–Crippen MR) is 83.7 cm³/mol. The van der Waals surface area contributed by atoms with E-state index in [1.165, 1.54) is 22.9 Å². The standard InChI is InChI=1S/C14H17N5O2S/c1-9(20)15-14-16-11(8-22-14)7-19-4-3-12-10(6-19)5-13(21)18(2)17-12/h5,8H,3-4,6-7H2,1-2H3,(H,15,16,20). The van der Waals surface area contributed by atoms with Gasteiger partial charge in [0.05, 0.1) is 11.4 Å². The molecule has 1 N–H and O–H groups in total. The highest BCUT2D eigenvalue weighted by molar-refractivity contribution is 7.13. The SMILES string of the molecule is CC(=O)Nc1nc(CN2CCc3nn(C)c(=O)cc3C2)cs1. The molecule has 3 heterocycles. The fraction of sp³-hybridized carbons (Fsp3) is 0.429. The third-order valence-corrected chi connectivity index (χ3v) is 4.34. The Hall–Kier alpha value is -2.06. The lowest BCUT2D eigenvalue weighted by Crippen LogP contribution is -2.34. The minimum absolute atomic E-state index is 0.0813.